The largest absolute Gasteiger partial charge is 0.374 e. The molecule has 0 saturated heterocycles. The molecule has 0 aromatic carbocycles. The third kappa shape index (κ3) is 5.28. The molecule has 0 aliphatic heterocycles. The highest BCUT2D eigenvalue weighted by Crippen LogP contribution is 2.25. The number of nitrogens with two attached hydrogens (primary N) is 1. The second-order valence-corrected chi connectivity index (χ2v) is 4.94. The first kappa shape index (κ1) is 14.1. The molecule has 2 N–H and O–H groups in total. The lowest BCUT2D eigenvalue weighted by molar-refractivity contribution is 0.126. The average Bonchev–Trinajstić information content (AvgIpc) is 2.72. The number of hydrogen-bond donors (Lipinski definition) is 1. The van der Waals surface area contributed by atoms with Crippen LogP contribution in [0.4, 0.5) is 0 Å². The van der Waals surface area contributed by atoms with Crippen LogP contribution in [0.15, 0.2) is 4.52 Å². The van der Waals surface area contributed by atoms with Crippen LogP contribution in [-0.2, 0) is 17.8 Å². The quantitative estimate of drug-likeness (QED) is 0.752. The number of rotatable bonds is 8. The lowest BCUT2D eigenvalue weighted by atomic mass is 9.84. The summed E-state index contributed by atoms with van der Waals surface area (Å²) >= 11 is 0. The summed E-state index contributed by atoms with van der Waals surface area (Å²) in [5, 5.41) is 3.86. The van der Waals surface area contributed by atoms with Crippen LogP contribution in [0.3, 0.4) is 0 Å². The Morgan fingerprint density at radius 1 is 1.35 bits per heavy atom. The van der Waals surface area contributed by atoms with E-state index in [9.17, 15) is 0 Å². The van der Waals surface area contributed by atoms with E-state index in [2.05, 4.69) is 24.0 Å². The van der Waals surface area contributed by atoms with E-state index in [1.807, 2.05) is 6.92 Å². The molecule has 1 aromatic heterocycles. The molecule has 0 fully saturated rings. The summed E-state index contributed by atoms with van der Waals surface area (Å²) in [7, 11) is 0. The fourth-order valence-electron chi connectivity index (χ4n) is 1.60. The van der Waals surface area contributed by atoms with Gasteiger partial charge in [-0.25, -0.2) is 0 Å². The van der Waals surface area contributed by atoms with E-state index in [-0.39, 0.29) is 5.41 Å². The summed E-state index contributed by atoms with van der Waals surface area (Å²) < 4.78 is 10.4. The molecule has 1 rings (SSSR count). The Morgan fingerprint density at radius 2 is 2.12 bits per heavy atom. The number of nitrogens with zero attached hydrogens (tertiary/aromatic N) is 2. The van der Waals surface area contributed by atoms with Crippen molar-refractivity contribution in [1.82, 2.24) is 10.1 Å². The monoisotopic (exact) mass is 241 g/mol. The maximum absolute atomic E-state index is 5.57. The Bertz CT molecular complexity index is 323. The highest BCUT2D eigenvalue weighted by atomic mass is 16.5. The van der Waals surface area contributed by atoms with Gasteiger partial charge in [0.2, 0.25) is 5.89 Å². The van der Waals surface area contributed by atoms with E-state index in [0.717, 1.165) is 19.3 Å². The van der Waals surface area contributed by atoms with Gasteiger partial charge in [0.15, 0.2) is 5.82 Å². The maximum atomic E-state index is 5.57. The normalized spacial score (nSPS) is 12.0. The predicted octanol–water partition coefficient (Wildman–Crippen LogP) is 1.91. The molecule has 0 atom stereocenters. The maximum Gasteiger partial charge on any atom is 0.226 e. The molecule has 17 heavy (non-hydrogen) atoms. The van der Waals surface area contributed by atoms with Crippen LogP contribution in [-0.4, -0.2) is 23.3 Å². The minimum Gasteiger partial charge on any atom is -0.374 e. The van der Waals surface area contributed by atoms with Crippen LogP contribution in [0.2, 0.25) is 0 Å². The molecular weight excluding hydrogens is 218 g/mol. The Morgan fingerprint density at radius 3 is 2.76 bits per heavy atom. The van der Waals surface area contributed by atoms with E-state index in [0.29, 0.717) is 31.5 Å². The van der Waals surface area contributed by atoms with Crippen molar-refractivity contribution in [3.05, 3.63) is 11.7 Å². The van der Waals surface area contributed by atoms with E-state index in [1.54, 1.807) is 0 Å². The predicted molar refractivity (Wildman–Crippen MR) is 65.4 cm³/mol. The molecule has 0 unspecified atom stereocenters. The first-order chi connectivity index (χ1) is 8.07. The van der Waals surface area contributed by atoms with E-state index >= 15 is 0 Å². The van der Waals surface area contributed by atoms with E-state index in [4.69, 9.17) is 15.0 Å². The molecule has 1 heterocycles. The molecule has 0 saturated carbocycles. The van der Waals surface area contributed by atoms with Crippen molar-refractivity contribution < 1.29 is 9.26 Å². The smallest absolute Gasteiger partial charge is 0.226 e. The Balaban J connectivity index is 2.38. The van der Waals surface area contributed by atoms with Gasteiger partial charge in [0.25, 0.3) is 0 Å². The minimum atomic E-state index is 0.225. The van der Waals surface area contributed by atoms with Gasteiger partial charge in [-0.05, 0) is 31.7 Å². The summed E-state index contributed by atoms with van der Waals surface area (Å²) in [5.74, 6) is 1.31. The van der Waals surface area contributed by atoms with E-state index < -0.39 is 0 Å². The van der Waals surface area contributed by atoms with Crippen LogP contribution in [0.1, 0.15) is 45.3 Å². The molecule has 0 spiro atoms. The molecule has 98 valence electrons. The summed E-state index contributed by atoms with van der Waals surface area (Å²) in [4.78, 5) is 4.28. The van der Waals surface area contributed by atoms with E-state index in [1.165, 1.54) is 0 Å². The Hall–Kier alpha value is -0.940. The third-order valence-corrected chi connectivity index (χ3v) is 2.78. The summed E-state index contributed by atoms with van der Waals surface area (Å²) in [6.45, 7) is 8.15. The van der Waals surface area contributed by atoms with Crippen molar-refractivity contribution in [2.24, 2.45) is 11.1 Å². The number of hydrogen-bond acceptors (Lipinski definition) is 5. The number of aryl methyl sites for hydroxylation is 1. The highest BCUT2D eigenvalue weighted by molar-refractivity contribution is 4.86. The molecule has 0 aliphatic carbocycles. The zero-order valence-corrected chi connectivity index (χ0v) is 11.0. The number of ether oxygens (including phenoxy) is 1. The summed E-state index contributed by atoms with van der Waals surface area (Å²) in [6, 6.07) is 0. The van der Waals surface area contributed by atoms with Gasteiger partial charge < -0.3 is 15.0 Å². The molecule has 1 aromatic rings. The fraction of sp³-hybridized carbons (Fsp3) is 0.833. The van der Waals surface area contributed by atoms with Crippen molar-refractivity contribution in [1.29, 1.82) is 0 Å². The molecular formula is C12H23N3O2. The number of aromatic nitrogens is 2. The Labute approximate surface area is 103 Å². The van der Waals surface area contributed by atoms with Crippen LogP contribution in [0, 0.1) is 5.41 Å². The van der Waals surface area contributed by atoms with Gasteiger partial charge in [0.1, 0.15) is 6.61 Å². The Kier molecular flexibility index (Phi) is 5.58. The molecule has 5 heteroatoms. The minimum absolute atomic E-state index is 0.225. The lowest BCUT2D eigenvalue weighted by Gasteiger charge is -2.22. The molecule has 0 amide bonds. The molecule has 0 aliphatic rings. The van der Waals surface area contributed by atoms with Gasteiger partial charge >= 0.3 is 0 Å². The first-order valence-corrected chi connectivity index (χ1v) is 6.16. The fourth-order valence-corrected chi connectivity index (χ4v) is 1.60. The van der Waals surface area contributed by atoms with Crippen LogP contribution in [0.5, 0.6) is 0 Å². The van der Waals surface area contributed by atoms with Crippen LogP contribution >= 0.6 is 0 Å². The molecule has 0 radical (unpaired) electrons. The molecule has 5 nitrogen and oxygen atoms in total. The van der Waals surface area contributed by atoms with Crippen LogP contribution in [0.25, 0.3) is 0 Å². The van der Waals surface area contributed by atoms with Crippen molar-refractivity contribution >= 4 is 0 Å². The van der Waals surface area contributed by atoms with Crippen molar-refractivity contribution in [2.75, 3.05) is 13.2 Å². The van der Waals surface area contributed by atoms with Gasteiger partial charge in [-0.2, -0.15) is 4.98 Å². The van der Waals surface area contributed by atoms with Crippen molar-refractivity contribution in [3.63, 3.8) is 0 Å². The molecule has 0 bridgehead atoms. The third-order valence-electron chi connectivity index (χ3n) is 2.78. The lowest BCUT2D eigenvalue weighted by Crippen LogP contribution is -2.17. The van der Waals surface area contributed by atoms with Crippen LogP contribution < -0.4 is 5.73 Å². The van der Waals surface area contributed by atoms with Gasteiger partial charge in [0, 0.05) is 13.0 Å². The van der Waals surface area contributed by atoms with Crippen molar-refractivity contribution in [3.8, 4) is 0 Å². The second kappa shape index (κ2) is 6.71. The highest BCUT2D eigenvalue weighted by Gasteiger charge is 2.18. The standard InChI is InChI=1S/C12H23N3O2/c1-4-16-9-10-14-11(17-15-10)5-6-12(2,3)7-8-13/h4-9,13H2,1-3H3. The SMILES string of the molecule is CCOCc1noc(CCC(C)(C)CCN)n1. The zero-order chi connectivity index (χ0) is 12.7. The summed E-state index contributed by atoms with van der Waals surface area (Å²) in [5.41, 5.74) is 5.80. The average molecular weight is 241 g/mol. The summed E-state index contributed by atoms with van der Waals surface area (Å²) in [6.07, 6.45) is 2.81. The van der Waals surface area contributed by atoms with Crippen molar-refractivity contribution in [2.45, 2.75) is 46.6 Å². The van der Waals surface area contributed by atoms with Gasteiger partial charge in [0.05, 0.1) is 0 Å². The van der Waals surface area contributed by atoms with Gasteiger partial charge in [-0.15, -0.1) is 0 Å². The first-order valence-electron chi connectivity index (χ1n) is 6.16. The second-order valence-electron chi connectivity index (χ2n) is 4.94. The zero-order valence-electron chi connectivity index (χ0n) is 11.0. The topological polar surface area (TPSA) is 74.2 Å². The van der Waals surface area contributed by atoms with Gasteiger partial charge in [-0.1, -0.05) is 19.0 Å². The van der Waals surface area contributed by atoms with Gasteiger partial charge in [-0.3, -0.25) is 0 Å².